The number of hydrogen-bond acceptors (Lipinski definition) is 2. The first-order valence-corrected chi connectivity index (χ1v) is 5.08. The largest absolute Gasteiger partial charge is 0.255 e. The third-order valence-electron chi connectivity index (χ3n) is 1.96. The van der Waals surface area contributed by atoms with Crippen LogP contribution >= 0.6 is 15.9 Å². The fourth-order valence-electron chi connectivity index (χ4n) is 1.27. The molecule has 2 aromatic rings. The highest BCUT2D eigenvalue weighted by Crippen LogP contribution is 2.26. The predicted molar refractivity (Wildman–Crippen MR) is 58.9 cm³/mol. The van der Waals surface area contributed by atoms with Gasteiger partial charge in [-0.2, -0.15) is 5.10 Å². The Morgan fingerprint density at radius 3 is 2.79 bits per heavy atom. The Labute approximate surface area is 90.9 Å². The molecule has 0 aliphatic carbocycles. The summed E-state index contributed by atoms with van der Waals surface area (Å²) in [4.78, 5) is 4.21. The van der Waals surface area contributed by atoms with Gasteiger partial charge in [0.15, 0.2) is 5.82 Å². The molecule has 0 radical (unpaired) electrons. The number of benzene rings is 1. The lowest BCUT2D eigenvalue weighted by atomic mass is 10.1. The fourth-order valence-corrected chi connectivity index (χ4v) is 1.70. The SMILES string of the molecule is Cc1ccc(Br)c(-c2ncn(C)n2)c1. The van der Waals surface area contributed by atoms with Crippen molar-refractivity contribution in [2.24, 2.45) is 7.05 Å². The second kappa shape index (κ2) is 3.53. The highest BCUT2D eigenvalue weighted by Gasteiger charge is 2.07. The lowest BCUT2D eigenvalue weighted by Crippen LogP contribution is -1.89. The van der Waals surface area contributed by atoms with Crippen LogP contribution in [0.1, 0.15) is 5.56 Å². The first kappa shape index (κ1) is 9.40. The van der Waals surface area contributed by atoms with E-state index < -0.39 is 0 Å². The van der Waals surface area contributed by atoms with Crippen molar-refractivity contribution in [3.63, 3.8) is 0 Å². The Balaban J connectivity index is 2.55. The molecule has 1 aromatic carbocycles. The van der Waals surface area contributed by atoms with E-state index >= 15 is 0 Å². The number of nitrogens with zero attached hydrogens (tertiary/aromatic N) is 3. The van der Waals surface area contributed by atoms with Crippen molar-refractivity contribution < 1.29 is 0 Å². The number of hydrogen-bond donors (Lipinski definition) is 0. The van der Waals surface area contributed by atoms with E-state index in [1.54, 1.807) is 11.0 Å². The molecule has 0 amide bonds. The summed E-state index contributed by atoms with van der Waals surface area (Å²) < 4.78 is 2.72. The van der Waals surface area contributed by atoms with E-state index in [4.69, 9.17) is 0 Å². The van der Waals surface area contributed by atoms with Gasteiger partial charge in [0, 0.05) is 17.1 Å². The zero-order valence-electron chi connectivity index (χ0n) is 8.03. The van der Waals surface area contributed by atoms with Crippen molar-refractivity contribution in [3.8, 4) is 11.4 Å². The van der Waals surface area contributed by atoms with Gasteiger partial charge in [-0.15, -0.1) is 0 Å². The van der Waals surface area contributed by atoms with E-state index in [0.717, 1.165) is 15.9 Å². The maximum Gasteiger partial charge on any atom is 0.182 e. The molecule has 1 heterocycles. The van der Waals surface area contributed by atoms with Gasteiger partial charge in [0.2, 0.25) is 0 Å². The van der Waals surface area contributed by atoms with Crippen molar-refractivity contribution in [2.75, 3.05) is 0 Å². The van der Waals surface area contributed by atoms with Gasteiger partial charge in [0.05, 0.1) is 0 Å². The molecule has 0 saturated heterocycles. The molecule has 0 fully saturated rings. The van der Waals surface area contributed by atoms with Crippen LogP contribution in [0, 0.1) is 6.92 Å². The number of rotatable bonds is 1. The second-order valence-electron chi connectivity index (χ2n) is 3.23. The standard InChI is InChI=1S/C10H10BrN3/c1-7-3-4-9(11)8(5-7)10-12-6-14(2)13-10/h3-6H,1-2H3. The Bertz CT molecular complexity index is 462. The summed E-state index contributed by atoms with van der Waals surface area (Å²) in [7, 11) is 1.86. The molecule has 72 valence electrons. The molecule has 0 unspecified atom stereocenters. The average Bonchev–Trinajstić information content (AvgIpc) is 2.56. The van der Waals surface area contributed by atoms with Gasteiger partial charge in [-0.25, -0.2) is 4.98 Å². The minimum Gasteiger partial charge on any atom is -0.255 e. The summed E-state index contributed by atoms with van der Waals surface area (Å²) in [5, 5.41) is 4.26. The van der Waals surface area contributed by atoms with Crippen LogP contribution < -0.4 is 0 Å². The minimum absolute atomic E-state index is 0.753. The van der Waals surface area contributed by atoms with Gasteiger partial charge in [0.25, 0.3) is 0 Å². The summed E-state index contributed by atoms with van der Waals surface area (Å²) >= 11 is 3.49. The summed E-state index contributed by atoms with van der Waals surface area (Å²) in [6.07, 6.45) is 1.70. The van der Waals surface area contributed by atoms with Crippen molar-refractivity contribution >= 4 is 15.9 Å². The van der Waals surface area contributed by atoms with Gasteiger partial charge in [-0.1, -0.05) is 27.6 Å². The van der Waals surface area contributed by atoms with Crippen LogP contribution in [-0.4, -0.2) is 14.8 Å². The highest BCUT2D eigenvalue weighted by atomic mass is 79.9. The average molecular weight is 252 g/mol. The Morgan fingerprint density at radius 2 is 2.14 bits per heavy atom. The van der Waals surface area contributed by atoms with E-state index in [-0.39, 0.29) is 0 Å². The molecule has 0 bridgehead atoms. The topological polar surface area (TPSA) is 30.7 Å². The van der Waals surface area contributed by atoms with E-state index in [1.807, 2.05) is 13.1 Å². The first-order valence-electron chi connectivity index (χ1n) is 4.29. The Kier molecular flexibility index (Phi) is 2.37. The van der Waals surface area contributed by atoms with Crippen molar-refractivity contribution in [1.82, 2.24) is 14.8 Å². The zero-order chi connectivity index (χ0) is 10.1. The molecule has 0 saturated carbocycles. The van der Waals surface area contributed by atoms with Crippen LogP contribution in [0.5, 0.6) is 0 Å². The number of halogens is 1. The maximum atomic E-state index is 4.26. The van der Waals surface area contributed by atoms with Crippen molar-refractivity contribution in [2.45, 2.75) is 6.92 Å². The lowest BCUT2D eigenvalue weighted by Gasteiger charge is -2.00. The van der Waals surface area contributed by atoms with E-state index in [0.29, 0.717) is 0 Å². The van der Waals surface area contributed by atoms with Gasteiger partial charge in [0.1, 0.15) is 6.33 Å². The Hall–Kier alpha value is -1.16. The quantitative estimate of drug-likeness (QED) is 0.780. The van der Waals surface area contributed by atoms with E-state index in [9.17, 15) is 0 Å². The molecule has 0 spiro atoms. The van der Waals surface area contributed by atoms with Gasteiger partial charge < -0.3 is 0 Å². The summed E-state index contributed by atoms with van der Waals surface area (Å²) in [6, 6.07) is 6.14. The molecular formula is C10H10BrN3. The monoisotopic (exact) mass is 251 g/mol. The van der Waals surface area contributed by atoms with Gasteiger partial charge in [-0.05, 0) is 19.1 Å². The Morgan fingerprint density at radius 1 is 1.36 bits per heavy atom. The lowest BCUT2D eigenvalue weighted by molar-refractivity contribution is 0.768. The number of aryl methyl sites for hydroxylation is 2. The van der Waals surface area contributed by atoms with Crippen LogP contribution in [0.2, 0.25) is 0 Å². The van der Waals surface area contributed by atoms with Crippen LogP contribution in [0.3, 0.4) is 0 Å². The van der Waals surface area contributed by atoms with Crippen molar-refractivity contribution in [1.29, 1.82) is 0 Å². The first-order chi connectivity index (χ1) is 6.66. The highest BCUT2D eigenvalue weighted by molar-refractivity contribution is 9.10. The van der Waals surface area contributed by atoms with E-state index in [2.05, 4.69) is 45.1 Å². The fraction of sp³-hybridized carbons (Fsp3) is 0.200. The molecule has 0 aliphatic heterocycles. The normalized spacial score (nSPS) is 10.5. The van der Waals surface area contributed by atoms with Crippen LogP contribution in [0.25, 0.3) is 11.4 Å². The van der Waals surface area contributed by atoms with Crippen LogP contribution in [-0.2, 0) is 7.05 Å². The van der Waals surface area contributed by atoms with Crippen molar-refractivity contribution in [3.05, 3.63) is 34.6 Å². The zero-order valence-corrected chi connectivity index (χ0v) is 9.62. The van der Waals surface area contributed by atoms with Gasteiger partial charge in [-0.3, -0.25) is 4.68 Å². The summed E-state index contributed by atoms with van der Waals surface area (Å²) in [5.41, 5.74) is 2.24. The smallest absolute Gasteiger partial charge is 0.182 e. The summed E-state index contributed by atoms with van der Waals surface area (Å²) in [6.45, 7) is 2.05. The maximum absolute atomic E-state index is 4.26. The van der Waals surface area contributed by atoms with Crippen LogP contribution in [0.15, 0.2) is 29.0 Å². The molecule has 0 aliphatic rings. The minimum atomic E-state index is 0.753. The molecule has 3 nitrogen and oxygen atoms in total. The third kappa shape index (κ3) is 1.70. The molecule has 14 heavy (non-hydrogen) atoms. The molecule has 0 atom stereocenters. The predicted octanol–water partition coefficient (Wildman–Crippen LogP) is 2.55. The molecular weight excluding hydrogens is 242 g/mol. The molecule has 1 aromatic heterocycles. The van der Waals surface area contributed by atoms with Gasteiger partial charge >= 0.3 is 0 Å². The van der Waals surface area contributed by atoms with E-state index in [1.165, 1.54) is 5.56 Å². The summed E-state index contributed by atoms with van der Waals surface area (Å²) in [5.74, 6) is 0.753. The third-order valence-corrected chi connectivity index (χ3v) is 2.65. The molecule has 4 heteroatoms. The molecule has 0 N–H and O–H groups in total. The second-order valence-corrected chi connectivity index (χ2v) is 4.08. The van der Waals surface area contributed by atoms with Crippen LogP contribution in [0.4, 0.5) is 0 Å². The number of aromatic nitrogens is 3. The molecule has 2 rings (SSSR count).